The molecule has 0 aromatic carbocycles. The molecule has 144 valence electrons. The third kappa shape index (κ3) is 4.33. The molecule has 0 aliphatic carbocycles. The third-order valence-electron chi connectivity index (χ3n) is 5.86. The molecule has 3 rings (SSSR count). The topological polar surface area (TPSA) is 45.7 Å². The fourth-order valence-electron chi connectivity index (χ4n) is 4.28. The molecule has 5 heteroatoms. The van der Waals surface area contributed by atoms with Crippen LogP contribution in [0, 0.1) is 5.92 Å². The van der Waals surface area contributed by atoms with Crippen LogP contribution in [-0.2, 0) is 4.74 Å². The van der Waals surface area contributed by atoms with Crippen molar-refractivity contribution in [3.63, 3.8) is 0 Å². The third-order valence-corrected chi connectivity index (χ3v) is 5.86. The van der Waals surface area contributed by atoms with Crippen molar-refractivity contribution in [3.8, 4) is 0 Å². The number of aromatic nitrogens is 1. The Labute approximate surface area is 157 Å². The first-order valence-electron chi connectivity index (χ1n) is 10.1. The maximum absolute atomic E-state index is 13.5. The molecule has 2 aliphatic rings. The van der Waals surface area contributed by atoms with Crippen LogP contribution in [-0.4, -0.2) is 71.5 Å². The SMILES string of the molecule is CC(C)CCN1CCN([C@]2(C(=O)c3ccccn3)CCO[C@@H](C)C2)CC1. The molecular weight excluding hydrogens is 326 g/mol. The van der Waals surface area contributed by atoms with E-state index < -0.39 is 5.54 Å². The number of hydrogen-bond donors (Lipinski definition) is 0. The van der Waals surface area contributed by atoms with Gasteiger partial charge in [0, 0.05) is 39.0 Å². The summed E-state index contributed by atoms with van der Waals surface area (Å²) in [4.78, 5) is 22.8. The summed E-state index contributed by atoms with van der Waals surface area (Å²) in [6.07, 6.45) is 4.58. The number of piperazine rings is 1. The van der Waals surface area contributed by atoms with Crippen molar-refractivity contribution in [1.29, 1.82) is 0 Å². The molecule has 0 amide bonds. The average Bonchev–Trinajstić information content (AvgIpc) is 2.66. The number of carbonyl (C=O) groups excluding carboxylic acids is 1. The highest BCUT2D eigenvalue weighted by molar-refractivity contribution is 6.01. The van der Waals surface area contributed by atoms with Gasteiger partial charge in [-0.3, -0.25) is 14.7 Å². The molecule has 0 saturated carbocycles. The van der Waals surface area contributed by atoms with Crippen molar-refractivity contribution in [1.82, 2.24) is 14.8 Å². The van der Waals surface area contributed by atoms with E-state index in [1.54, 1.807) is 6.20 Å². The van der Waals surface area contributed by atoms with Crippen LogP contribution in [0.1, 0.15) is 50.5 Å². The van der Waals surface area contributed by atoms with Crippen LogP contribution in [0.25, 0.3) is 0 Å². The lowest BCUT2D eigenvalue weighted by Gasteiger charge is -2.49. The number of rotatable bonds is 6. The molecular formula is C21H33N3O2. The molecule has 26 heavy (non-hydrogen) atoms. The first-order valence-corrected chi connectivity index (χ1v) is 10.1. The maximum Gasteiger partial charge on any atom is 0.201 e. The van der Waals surface area contributed by atoms with Crippen molar-refractivity contribution in [2.45, 2.75) is 51.7 Å². The largest absolute Gasteiger partial charge is 0.378 e. The van der Waals surface area contributed by atoms with Gasteiger partial charge in [-0.2, -0.15) is 0 Å². The van der Waals surface area contributed by atoms with Gasteiger partial charge in [-0.05, 0) is 50.8 Å². The van der Waals surface area contributed by atoms with Crippen molar-refractivity contribution in [3.05, 3.63) is 30.1 Å². The smallest absolute Gasteiger partial charge is 0.201 e. The first kappa shape index (κ1) is 19.5. The Kier molecular flexibility index (Phi) is 6.43. The molecule has 1 aromatic rings. The Hall–Kier alpha value is -1.30. The van der Waals surface area contributed by atoms with E-state index >= 15 is 0 Å². The fraction of sp³-hybridized carbons (Fsp3) is 0.714. The van der Waals surface area contributed by atoms with E-state index in [4.69, 9.17) is 4.74 Å². The number of ether oxygens (including phenoxy) is 1. The summed E-state index contributed by atoms with van der Waals surface area (Å²) in [7, 11) is 0. The summed E-state index contributed by atoms with van der Waals surface area (Å²) in [5.74, 6) is 0.908. The molecule has 5 nitrogen and oxygen atoms in total. The van der Waals surface area contributed by atoms with Gasteiger partial charge in [-0.15, -0.1) is 0 Å². The summed E-state index contributed by atoms with van der Waals surface area (Å²) in [5.41, 5.74) is 0.125. The second-order valence-corrected chi connectivity index (χ2v) is 8.22. The zero-order valence-corrected chi connectivity index (χ0v) is 16.5. The molecule has 0 unspecified atom stereocenters. The van der Waals surface area contributed by atoms with Crippen LogP contribution in [0.4, 0.5) is 0 Å². The quantitative estimate of drug-likeness (QED) is 0.731. The molecule has 0 spiro atoms. The number of Topliss-reactive ketones (excluding diaryl/α,β-unsaturated/α-hetero) is 1. The molecule has 2 fully saturated rings. The van der Waals surface area contributed by atoms with Crippen LogP contribution in [0.5, 0.6) is 0 Å². The first-order chi connectivity index (χ1) is 12.5. The van der Waals surface area contributed by atoms with E-state index in [0.29, 0.717) is 12.3 Å². The van der Waals surface area contributed by atoms with Crippen molar-refractivity contribution in [2.24, 2.45) is 5.92 Å². The highest BCUT2D eigenvalue weighted by atomic mass is 16.5. The molecule has 0 bridgehead atoms. The molecule has 1 aromatic heterocycles. The van der Waals surface area contributed by atoms with Gasteiger partial charge >= 0.3 is 0 Å². The number of pyridine rings is 1. The van der Waals surface area contributed by atoms with E-state index in [1.807, 2.05) is 18.2 Å². The lowest BCUT2D eigenvalue weighted by atomic mass is 9.79. The lowest BCUT2D eigenvalue weighted by Crippen LogP contribution is -2.63. The minimum absolute atomic E-state index is 0.107. The van der Waals surface area contributed by atoms with Gasteiger partial charge in [0.05, 0.1) is 11.6 Å². The molecule has 0 radical (unpaired) electrons. The van der Waals surface area contributed by atoms with Gasteiger partial charge in [0.25, 0.3) is 0 Å². The molecule has 2 atom stereocenters. The number of nitrogens with zero attached hydrogens (tertiary/aromatic N) is 3. The van der Waals surface area contributed by atoms with Crippen LogP contribution in [0.2, 0.25) is 0 Å². The molecule has 2 saturated heterocycles. The standard InChI is InChI=1S/C21H33N3O2/c1-17(2)7-10-23-11-13-24(14-12-23)21(8-15-26-18(3)16-21)20(25)19-6-4-5-9-22-19/h4-6,9,17-18H,7-8,10-16H2,1-3H3/t18-,21+/m0/s1. The van der Waals surface area contributed by atoms with Gasteiger partial charge in [0.1, 0.15) is 5.69 Å². The van der Waals surface area contributed by atoms with Crippen molar-refractivity contribution >= 4 is 5.78 Å². The minimum Gasteiger partial charge on any atom is -0.378 e. The Morgan fingerprint density at radius 2 is 2.08 bits per heavy atom. The van der Waals surface area contributed by atoms with Crippen LogP contribution < -0.4 is 0 Å². The Morgan fingerprint density at radius 1 is 1.31 bits per heavy atom. The highest BCUT2D eigenvalue weighted by Crippen LogP contribution is 2.35. The maximum atomic E-state index is 13.5. The van der Waals surface area contributed by atoms with Crippen LogP contribution in [0.3, 0.4) is 0 Å². The summed E-state index contributed by atoms with van der Waals surface area (Å²) in [5, 5.41) is 0. The number of ketones is 1. The molecule has 3 heterocycles. The number of hydrogen-bond acceptors (Lipinski definition) is 5. The van der Waals surface area contributed by atoms with E-state index in [9.17, 15) is 4.79 Å². The predicted molar refractivity (Wildman–Crippen MR) is 103 cm³/mol. The highest BCUT2D eigenvalue weighted by Gasteiger charge is 2.48. The van der Waals surface area contributed by atoms with E-state index in [0.717, 1.165) is 51.5 Å². The minimum atomic E-state index is -0.462. The lowest BCUT2D eigenvalue weighted by molar-refractivity contribution is -0.0644. The fourth-order valence-corrected chi connectivity index (χ4v) is 4.28. The summed E-state index contributed by atoms with van der Waals surface area (Å²) in [6.45, 7) is 12.4. The summed E-state index contributed by atoms with van der Waals surface area (Å²) < 4.78 is 5.79. The Balaban J connectivity index is 1.74. The van der Waals surface area contributed by atoms with Gasteiger partial charge in [0.2, 0.25) is 5.78 Å². The van der Waals surface area contributed by atoms with Crippen molar-refractivity contribution in [2.75, 3.05) is 39.3 Å². The van der Waals surface area contributed by atoms with Gasteiger partial charge in [-0.1, -0.05) is 19.9 Å². The second kappa shape index (κ2) is 8.59. The molecule has 2 aliphatic heterocycles. The van der Waals surface area contributed by atoms with Crippen LogP contribution >= 0.6 is 0 Å². The Morgan fingerprint density at radius 3 is 2.69 bits per heavy atom. The second-order valence-electron chi connectivity index (χ2n) is 8.22. The van der Waals surface area contributed by atoms with E-state index in [-0.39, 0.29) is 11.9 Å². The van der Waals surface area contributed by atoms with Gasteiger partial charge in [-0.25, -0.2) is 0 Å². The average molecular weight is 360 g/mol. The monoisotopic (exact) mass is 359 g/mol. The van der Waals surface area contributed by atoms with Gasteiger partial charge < -0.3 is 9.64 Å². The van der Waals surface area contributed by atoms with Gasteiger partial charge in [0.15, 0.2) is 0 Å². The van der Waals surface area contributed by atoms with E-state index in [1.165, 1.54) is 6.42 Å². The number of carbonyl (C=O) groups is 1. The zero-order valence-electron chi connectivity index (χ0n) is 16.5. The zero-order chi connectivity index (χ0) is 18.6. The summed E-state index contributed by atoms with van der Waals surface area (Å²) >= 11 is 0. The predicted octanol–water partition coefficient (Wildman–Crippen LogP) is 2.87. The van der Waals surface area contributed by atoms with Crippen molar-refractivity contribution < 1.29 is 9.53 Å². The molecule has 0 N–H and O–H groups in total. The van der Waals surface area contributed by atoms with E-state index in [2.05, 4.69) is 35.6 Å². The Bertz CT molecular complexity index is 584. The van der Waals surface area contributed by atoms with Crippen LogP contribution in [0.15, 0.2) is 24.4 Å². The normalized spacial score (nSPS) is 28.4. The summed E-state index contributed by atoms with van der Waals surface area (Å²) in [6, 6.07) is 5.62.